The van der Waals surface area contributed by atoms with Crippen LogP contribution in [0, 0.1) is 0 Å². The smallest absolute Gasteiger partial charge is 0.435 e. The van der Waals surface area contributed by atoms with Crippen molar-refractivity contribution < 1.29 is 22.7 Å². The quantitative estimate of drug-likeness (QED) is 0.812. The summed E-state index contributed by atoms with van der Waals surface area (Å²) < 4.78 is 43.7. The topological polar surface area (TPSA) is 47.4 Å². The van der Waals surface area contributed by atoms with E-state index < -0.39 is 11.9 Å². The number of carbonyl (C=O) groups excluding carboxylic acids is 1. The van der Waals surface area contributed by atoms with Gasteiger partial charge in [-0.3, -0.25) is 9.48 Å². The molecule has 0 saturated carbocycles. The minimum absolute atomic E-state index is 0.236. The highest BCUT2D eigenvalue weighted by Crippen LogP contribution is 2.27. The first kappa shape index (κ1) is 17.8. The summed E-state index contributed by atoms with van der Waals surface area (Å²) in [6, 6.07) is 8.11. The van der Waals surface area contributed by atoms with Crippen molar-refractivity contribution in [2.45, 2.75) is 26.2 Å². The third kappa shape index (κ3) is 4.50. The lowest BCUT2D eigenvalue weighted by Gasteiger charge is -2.21. The van der Waals surface area contributed by atoms with Gasteiger partial charge < -0.3 is 9.64 Å². The Hall–Kier alpha value is -2.51. The molecule has 0 fully saturated rings. The first-order valence-corrected chi connectivity index (χ1v) is 7.35. The Morgan fingerprint density at radius 1 is 1.25 bits per heavy atom. The Labute approximate surface area is 137 Å². The van der Waals surface area contributed by atoms with Gasteiger partial charge in [0.2, 0.25) is 5.91 Å². The lowest BCUT2D eigenvalue weighted by atomic mass is 10.2. The molecule has 0 aliphatic heterocycles. The number of likely N-dealkylation sites (N-methyl/N-ethyl adjacent to an activating group) is 1. The van der Waals surface area contributed by atoms with Crippen LogP contribution in [0.25, 0.3) is 0 Å². The Morgan fingerprint density at radius 2 is 1.92 bits per heavy atom. The van der Waals surface area contributed by atoms with Crippen LogP contribution in [0.15, 0.2) is 36.5 Å². The third-order valence-electron chi connectivity index (χ3n) is 3.50. The van der Waals surface area contributed by atoms with E-state index in [2.05, 4.69) is 5.10 Å². The molecule has 24 heavy (non-hydrogen) atoms. The van der Waals surface area contributed by atoms with Crippen molar-refractivity contribution in [1.82, 2.24) is 14.7 Å². The van der Waals surface area contributed by atoms with Crippen molar-refractivity contribution in [3.8, 4) is 5.75 Å². The largest absolute Gasteiger partial charge is 0.497 e. The van der Waals surface area contributed by atoms with Gasteiger partial charge in [0.1, 0.15) is 12.3 Å². The zero-order chi connectivity index (χ0) is 17.7. The molecule has 0 N–H and O–H groups in total. The van der Waals surface area contributed by atoms with Crippen LogP contribution in [0.2, 0.25) is 0 Å². The first-order valence-electron chi connectivity index (χ1n) is 7.35. The highest BCUT2D eigenvalue weighted by molar-refractivity contribution is 5.75. The normalized spacial score (nSPS) is 11.4. The van der Waals surface area contributed by atoms with Crippen molar-refractivity contribution in [3.63, 3.8) is 0 Å². The molecule has 0 spiro atoms. The van der Waals surface area contributed by atoms with E-state index in [1.807, 2.05) is 19.1 Å². The van der Waals surface area contributed by atoms with Gasteiger partial charge in [0.15, 0.2) is 5.69 Å². The number of amides is 1. The monoisotopic (exact) mass is 341 g/mol. The Kier molecular flexibility index (Phi) is 5.48. The maximum absolute atomic E-state index is 12.5. The lowest BCUT2D eigenvalue weighted by molar-refractivity contribution is -0.142. The molecule has 1 heterocycles. The van der Waals surface area contributed by atoms with E-state index in [0.717, 1.165) is 22.5 Å². The molecule has 0 bridgehead atoms. The summed E-state index contributed by atoms with van der Waals surface area (Å²) in [6.45, 7) is 2.39. The molecule has 1 aromatic heterocycles. The number of hydrogen-bond donors (Lipinski definition) is 0. The zero-order valence-electron chi connectivity index (χ0n) is 13.4. The molecule has 8 heteroatoms. The van der Waals surface area contributed by atoms with Crippen LogP contribution in [0.4, 0.5) is 13.2 Å². The standard InChI is InChI=1S/C16H18F3N3O2/c1-3-21(10-12-4-6-13(24-2)7-5-12)15(23)11-22-9-8-14(20-22)16(17,18)19/h4-9H,3,10-11H2,1-2H3. The number of methoxy groups -OCH3 is 1. The predicted molar refractivity (Wildman–Crippen MR) is 81.3 cm³/mol. The maximum atomic E-state index is 12.5. The molecule has 2 rings (SSSR count). The average Bonchev–Trinajstić information content (AvgIpc) is 3.01. The van der Waals surface area contributed by atoms with Gasteiger partial charge in [-0.25, -0.2) is 0 Å². The van der Waals surface area contributed by atoms with Crippen molar-refractivity contribution >= 4 is 5.91 Å². The second kappa shape index (κ2) is 7.37. The van der Waals surface area contributed by atoms with E-state index >= 15 is 0 Å². The van der Waals surface area contributed by atoms with Gasteiger partial charge >= 0.3 is 6.18 Å². The number of carbonyl (C=O) groups is 1. The number of aromatic nitrogens is 2. The first-order chi connectivity index (χ1) is 11.3. The molecule has 5 nitrogen and oxygen atoms in total. The second-order valence-corrected chi connectivity index (χ2v) is 5.15. The Morgan fingerprint density at radius 3 is 2.42 bits per heavy atom. The van der Waals surface area contributed by atoms with Gasteiger partial charge in [0.25, 0.3) is 0 Å². The third-order valence-corrected chi connectivity index (χ3v) is 3.50. The fourth-order valence-corrected chi connectivity index (χ4v) is 2.17. The molecule has 0 atom stereocenters. The van der Waals surface area contributed by atoms with E-state index in [1.165, 1.54) is 0 Å². The molecule has 0 aliphatic carbocycles. The van der Waals surface area contributed by atoms with Crippen LogP contribution < -0.4 is 4.74 Å². The fourth-order valence-electron chi connectivity index (χ4n) is 2.17. The highest BCUT2D eigenvalue weighted by Gasteiger charge is 2.33. The van der Waals surface area contributed by atoms with Crippen molar-refractivity contribution in [3.05, 3.63) is 47.8 Å². The zero-order valence-corrected chi connectivity index (χ0v) is 13.4. The number of benzene rings is 1. The molecule has 1 amide bonds. The predicted octanol–water partition coefficient (Wildman–Crippen LogP) is 2.96. The van der Waals surface area contributed by atoms with Gasteiger partial charge in [0.05, 0.1) is 7.11 Å². The number of ether oxygens (including phenoxy) is 1. The molecular formula is C16H18F3N3O2. The van der Waals surface area contributed by atoms with Gasteiger partial charge in [0, 0.05) is 19.3 Å². The summed E-state index contributed by atoms with van der Waals surface area (Å²) in [4.78, 5) is 13.8. The number of rotatable bonds is 6. The molecule has 1 aromatic carbocycles. The van der Waals surface area contributed by atoms with E-state index in [0.29, 0.717) is 18.8 Å². The van der Waals surface area contributed by atoms with Crippen LogP contribution in [-0.2, 0) is 24.1 Å². The van der Waals surface area contributed by atoms with Crippen molar-refractivity contribution in [2.24, 2.45) is 0 Å². The van der Waals surface area contributed by atoms with E-state index in [4.69, 9.17) is 4.74 Å². The molecule has 0 radical (unpaired) electrons. The van der Waals surface area contributed by atoms with Crippen molar-refractivity contribution in [2.75, 3.05) is 13.7 Å². The Bertz CT molecular complexity index is 681. The SMILES string of the molecule is CCN(Cc1ccc(OC)cc1)C(=O)Cn1ccc(C(F)(F)F)n1. The number of halogens is 3. The van der Waals surface area contributed by atoms with Crippen LogP contribution in [0.3, 0.4) is 0 Å². The van der Waals surface area contributed by atoms with Crippen LogP contribution in [-0.4, -0.2) is 34.2 Å². The summed E-state index contributed by atoms with van der Waals surface area (Å²) >= 11 is 0. The molecule has 0 unspecified atom stereocenters. The summed E-state index contributed by atoms with van der Waals surface area (Å²) in [5.74, 6) is 0.412. The summed E-state index contributed by atoms with van der Waals surface area (Å²) in [7, 11) is 1.57. The maximum Gasteiger partial charge on any atom is 0.435 e. The van der Waals surface area contributed by atoms with Crippen molar-refractivity contribution in [1.29, 1.82) is 0 Å². The van der Waals surface area contributed by atoms with Crippen LogP contribution in [0.5, 0.6) is 5.75 Å². The summed E-state index contributed by atoms with van der Waals surface area (Å²) in [6.07, 6.45) is -3.36. The summed E-state index contributed by atoms with van der Waals surface area (Å²) in [5, 5.41) is 3.40. The van der Waals surface area contributed by atoms with E-state index in [1.54, 1.807) is 24.1 Å². The number of alkyl halides is 3. The number of nitrogens with zero attached hydrogens (tertiary/aromatic N) is 3. The van der Waals surface area contributed by atoms with Gasteiger partial charge in [-0.05, 0) is 30.7 Å². The minimum atomic E-state index is -4.51. The second-order valence-electron chi connectivity index (χ2n) is 5.15. The molecule has 2 aromatic rings. The van der Waals surface area contributed by atoms with Crippen LogP contribution >= 0.6 is 0 Å². The fraction of sp³-hybridized carbons (Fsp3) is 0.375. The van der Waals surface area contributed by atoms with Gasteiger partial charge in [-0.1, -0.05) is 12.1 Å². The molecule has 130 valence electrons. The summed E-state index contributed by atoms with van der Waals surface area (Å²) in [5.41, 5.74) is -0.101. The van der Waals surface area contributed by atoms with E-state index in [-0.39, 0.29) is 12.5 Å². The average molecular weight is 341 g/mol. The minimum Gasteiger partial charge on any atom is -0.497 e. The molecule has 0 aliphatic rings. The molecule has 0 saturated heterocycles. The van der Waals surface area contributed by atoms with E-state index in [9.17, 15) is 18.0 Å². The van der Waals surface area contributed by atoms with Gasteiger partial charge in [-0.2, -0.15) is 18.3 Å². The van der Waals surface area contributed by atoms with Gasteiger partial charge in [-0.15, -0.1) is 0 Å². The number of hydrogen-bond acceptors (Lipinski definition) is 3. The Balaban J connectivity index is 2.01. The molecular weight excluding hydrogens is 323 g/mol. The lowest BCUT2D eigenvalue weighted by Crippen LogP contribution is -2.33. The van der Waals surface area contributed by atoms with Crippen LogP contribution in [0.1, 0.15) is 18.2 Å². The highest BCUT2D eigenvalue weighted by atomic mass is 19.4.